The van der Waals surface area contributed by atoms with E-state index in [2.05, 4.69) is 10.6 Å². The molecule has 0 radical (unpaired) electrons. The molecule has 2 aromatic carbocycles. The Hall–Kier alpha value is -3.15. The summed E-state index contributed by atoms with van der Waals surface area (Å²) in [7, 11) is 0. The van der Waals surface area contributed by atoms with Crippen molar-refractivity contribution >= 4 is 29.1 Å². The average molecular weight is 379 g/mol. The minimum absolute atomic E-state index is 0.0796. The summed E-state index contributed by atoms with van der Waals surface area (Å²) in [6, 6.07) is 13.4. The van der Waals surface area contributed by atoms with Gasteiger partial charge < -0.3 is 15.5 Å². The van der Waals surface area contributed by atoms with Crippen molar-refractivity contribution in [3.63, 3.8) is 0 Å². The number of hydrogen-bond acceptors (Lipinski definition) is 3. The second kappa shape index (κ2) is 8.25. The van der Waals surface area contributed by atoms with Crippen molar-refractivity contribution in [3.05, 3.63) is 59.2 Å². The van der Waals surface area contributed by atoms with Crippen LogP contribution in [0.5, 0.6) is 0 Å². The van der Waals surface area contributed by atoms with Crippen molar-refractivity contribution in [1.82, 2.24) is 5.32 Å². The van der Waals surface area contributed by atoms with E-state index in [9.17, 15) is 14.4 Å². The summed E-state index contributed by atoms with van der Waals surface area (Å²) >= 11 is 0. The molecule has 2 N–H and O–H groups in total. The third kappa shape index (κ3) is 4.39. The van der Waals surface area contributed by atoms with E-state index in [1.807, 2.05) is 63.2 Å². The summed E-state index contributed by atoms with van der Waals surface area (Å²) in [5.74, 6) is -1.10. The zero-order valence-corrected chi connectivity index (χ0v) is 16.4. The lowest BCUT2D eigenvalue weighted by Crippen LogP contribution is -2.38. The first-order valence-electron chi connectivity index (χ1n) is 9.36. The van der Waals surface area contributed by atoms with Crippen LogP contribution in [0.2, 0.25) is 0 Å². The van der Waals surface area contributed by atoms with Gasteiger partial charge in [-0.1, -0.05) is 35.9 Å². The van der Waals surface area contributed by atoms with Crippen LogP contribution in [-0.4, -0.2) is 30.8 Å². The predicted octanol–water partition coefficient (Wildman–Crippen LogP) is 2.72. The van der Waals surface area contributed by atoms with Crippen LogP contribution in [0, 0.1) is 26.7 Å². The zero-order valence-electron chi connectivity index (χ0n) is 16.4. The standard InChI is InChI=1S/C22H25N3O3/c1-14-7-9-18(10-8-14)25-13-17(11-20(25)27)22(28)23-12-19(26)24-21-15(2)5-4-6-16(21)3/h4-10,17H,11-13H2,1-3H3,(H,23,28)(H,24,26). The topological polar surface area (TPSA) is 78.5 Å². The third-order valence-corrected chi connectivity index (χ3v) is 5.01. The molecule has 0 bridgehead atoms. The summed E-state index contributed by atoms with van der Waals surface area (Å²) < 4.78 is 0. The van der Waals surface area contributed by atoms with Crippen LogP contribution in [0.25, 0.3) is 0 Å². The van der Waals surface area contributed by atoms with Gasteiger partial charge >= 0.3 is 0 Å². The van der Waals surface area contributed by atoms with Crippen LogP contribution in [0.1, 0.15) is 23.1 Å². The fourth-order valence-electron chi connectivity index (χ4n) is 3.36. The molecule has 0 saturated carbocycles. The summed E-state index contributed by atoms with van der Waals surface area (Å²) in [6.07, 6.45) is 0.151. The Morgan fingerprint density at radius 3 is 2.32 bits per heavy atom. The molecular formula is C22H25N3O3. The first-order valence-corrected chi connectivity index (χ1v) is 9.36. The fraction of sp³-hybridized carbons (Fsp3) is 0.318. The van der Waals surface area contributed by atoms with Gasteiger partial charge in [-0.2, -0.15) is 0 Å². The number of benzene rings is 2. The van der Waals surface area contributed by atoms with Gasteiger partial charge in [0.2, 0.25) is 17.7 Å². The third-order valence-electron chi connectivity index (χ3n) is 5.01. The Kier molecular flexibility index (Phi) is 5.78. The van der Waals surface area contributed by atoms with Crippen LogP contribution in [0.3, 0.4) is 0 Å². The van der Waals surface area contributed by atoms with Crippen molar-refractivity contribution in [2.45, 2.75) is 27.2 Å². The molecule has 1 aliphatic rings. The second-order valence-corrected chi connectivity index (χ2v) is 7.27. The highest BCUT2D eigenvalue weighted by atomic mass is 16.2. The molecule has 0 spiro atoms. The number of amides is 3. The maximum atomic E-state index is 12.4. The Morgan fingerprint density at radius 2 is 1.68 bits per heavy atom. The molecule has 28 heavy (non-hydrogen) atoms. The van der Waals surface area contributed by atoms with Crippen molar-refractivity contribution in [2.24, 2.45) is 5.92 Å². The molecule has 1 heterocycles. The number of carbonyl (C=O) groups excluding carboxylic acids is 3. The van der Waals surface area contributed by atoms with Gasteiger partial charge in [0, 0.05) is 24.3 Å². The predicted molar refractivity (Wildman–Crippen MR) is 109 cm³/mol. The highest BCUT2D eigenvalue weighted by Crippen LogP contribution is 2.25. The van der Waals surface area contributed by atoms with Crippen LogP contribution < -0.4 is 15.5 Å². The van der Waals surface area contributed by atoms with E-state index in [-0.39, 0.29) is 30.7 Å². The average Bonchev–Trinajstić information content (AvgIpc) is 3.05. The van der Waals surface area contributed by atoms with E-state index >= 15 is 0 Å². The van der Waals surface area contributed by atoms with Crippen molar-refractivity contribution in [1.29, 1.82) is 0 Å². The molecule has 1 aliphatic heterocycles. The minimum Gasteiger partial charge on any atom is -0.347 e. The van der Waals surface area contributed by atoms with Crippen LogP contribution in [-0.2, 0) is 14.4 Å². The molecular weight excluding hydrogens is 354 g/mol. The maximum absolute atomic E-state index is 12.4. The molecule has 2 aromatic rings. The quantitative estimate of drug-likeness (QED) is 0.838. The number of rotatable bonds is 5. The largest absolute Gasteiger partial charge is 0.347 e. The van der Waals surface area contributed by atoms with Crippen LogP contribution in [0.15, 0.2) is 42.5 Å². The van der Waals surface area contributed by atoms with E-state index in [1.165, 1.54) is 0 Å². The lowest BCUT2D eigenvalue weighted by molar-refractivity contribution is -0.127. The van der Waals surface area contributed by atoms with Crippen molar-refractivity contribution in [2.75, 3.05) is 23.3 Å². The summed E-state index contributed by atoms with van der Waals surface area (Å²) in [4.78, 5) is 38.6. The monoisotopic (exact) mass is 379 g/mol. The number of nitrogens with zero attached hydrogens (tertiary/aromatic N) is 1. The van der Waals surface area contributed by atoms with Gasteiger partial charge in [-0.25, -0.2) is 0 Å². The van der Waals surface area contributed by atoms with Gasteiger partial charge in [0.05, 0.1) is 12.5 Å². The molecule has 1 saturated heterocycles. The molecule has 1 atom stereocenters. The number of anilines is 2. The Morgan fingerprint density at radius 1 is 1.04 bits per heavy atom. The van der Waals surface area contributed by atoms with E-state index in [0.29, 0.717) is 6.54 Å². The number of para-hydroxylation sites is 1. The molecule has 0 aliphatic carbocycles. The second-order valence-electron chi connectivity index (χ2n) is 7.27. The van der Waals surface area contributed by atoms with Crippen molar-refractivity contribution < 1.29 is 14.4 Å². The normalized spacial score (nSPS) is 16.2. The van der Waals surface area contributed by atoms with Crippen molar-refractivity contribution in [3.8, 4) is 0 Å². The lowest BCUT2D eigenvalue weighted by Gasteiger charge is -2.17. The van der Waals surface area contributed by atoms with E-state index in [1.54, 1.807) is 4.90 Å². The van der Waals surface area contributed by atoms with Gasteiger partial charge in [-0.05, 0) is 44.0 Å². The first-order chi connectivity index (χ1) is 13.3. The Labute approximate surface area is 164 Å². The summed E-state index contributed by atoms with van der Waals surface area (Å²) in [6.45, 7) is 6.03. The summed E-state index contributed by atoms with van der Waals surface area (Å²) in [5, 5.41) is 5.50. The summed E-state index contributed by atoms with van der Waals surface area (Å²) in [5.41, 5.74) is 4.60. The molecule has 6 heteroatoms. The fourth-order valence-corrected chi connectivity index (χ4v) is 3.36. The molecule has 1 unspecified atom stereocenters. The van der Waals surface area contributed by atoms with Crippen LogP contribution >= 0.6 is 0 Å². The highest BCUT2D eigenvalue weighted by molar-refractivity contribution is 6.01. The number of hydrogen-bond donors (Lipinski definition) is 2. The van der Waals surface area contributed by atoms with Gasteiger partial charge in [-0.15, -0.1) is 0 Å². The number of aryl methyl sites for hydroxylation is 3. The SMILES string of the molecule is Cc1ccc(N2CC(C(=O)NCC(=O)Nc3c(C)cccc3C)CC2=O)cc1. The van der Waals surface area contributed by atoms with E-state index in [0.717, 1.165) is 28.1 Å². The number of carbonyl (C=O) groups is 3. The zero-order chi connectivity index (χ0) is 20.3. The van der Waals surface area contributed by atoms with E-state index < -0.39 is 5.92 Å². The van der Waals surface area contributed by atoms with Gasteiger partial charge in [0.1, 0.15) is 0 Å². The lowest BCUT2D eigenvalue weighted by atomic mass is 10.1. The molecule has 3 rings (SSSR count). The Balaban J connectivity index is 1.54. The van der Waals surface area contributed by atoms with Gasteiger partial charge in [-0.3, -0.25) is 14.4 Å². The molecule has 0 aromatic heterocycles. The molecule has 1 fully saturated rings. The van der Waals surface area contributed by atoms with Gasteiger partial charge in [0.25, 0.3) is 0 Å². The molecule has 146 valence electrons. The first kappa shape index (κ1) is 19.6. The highest BCUT2D eigenvalue weighted by Gasteiger charge is 2.35. The van der Waals surface area contributed by atoms with E-state index in [4.69, 9.17) is 0 Å². The van der Waals surface area contributed by atoms with Crippen LogP contribution in [0.4, 0.5) is 11.4 Å². The minimum atomic E-state index is -0.457. The number of nitrogens with one attached hydrogen (secondary N) is 2. The Bertz CT molecular complexity index is 885. The maximum Gasteiger partial charge on any atom is 0.243 e. The van der Waals surface area contributed by atoms with Gasteiger partial charge in [0.15, 0.2) is 0 Å². The molecule has 6 nitrogen and oxygen atoms in total. The smallest absolute Gasteiger partial charge is 0.243 e. The molecule has 3 amide bonds.